The van der Waals surface area contributed by atoms with Crippen LogP contribution in [0.5, 0.6) is 5.75 Å². The summed E-state index contributed by atoms with van der Waals surface area (Å²) in [6.45, 7) is 0. The largest absolute Gasteiger partial charge is 0.421 e. The van der Waals surface area contributed by atoms with Gasteiger partial charge in [0.2, 0.25) is 0 Å². The summed E-state index contributed by atoms with van der Waals surface area (Å²) < 4.78 is 5.19. The number of aromatic nitrogens is 1. The van der Waals surface area contributed by atoms with Gasteiger partial charge in [0.25, 0.3) is 5.91 Å². The molecule has 1 heterocycles. The van der Waals surface area contributed by atoms with Gasteiger partial charge in [-0.05, 0) is 48.5 Å². The summed E-state index contributed by atoms with van der Waals surface area (Å²) in [5.74, 6) is -0.891. The molecule has 0 atom stereocenters. The van der Waals surface area contributed by atoms with Gasteiger partial charge in [-0.1, -0.05) is 35.3 Å². The average Bonchev–Trinajstić information content (AvgIpc) is 2.70. The van der Waals surface area contributed by atoms with Gasteiger partial charge in [-0.3, -0.25) is 15.4 Å². The average molecular weight is 430 g/mol. The van der Waals surface area contributed by atoms with Gasteiger partial charge in [0, 0.05) is 5.02 Å². The first-order valence-corrected chi connectivity index (χ1v) is 8.98. The molecule has 0 spiro atoms. The number of nitrogens with zero attached hydrogens (tertiary/aromatic N) is 1. The summed E-state index contributed by atoms with van der Waals surface area (Å²) in [6.07, 6.45) is 1.26. The lowest BCUT2D eigenvalue weighted by Gasteiger charge is -2.08. The molecule has 0 saturated heterocycles. The van der Waals surface area contributed by atoms with E-state index in [9.17, 15) is 14.4 Å². The van der Waals surface area contributed by atoms with Gasteiger partial charge in [0.15, 0.2) is 0 Å². The third-order valence-electron chi connectivity index (χ3n) is 3.61. The zero-order valence-electron chi connectivity index (χ0n) is 14.7. The van der Waals surface area contributed by atoms with Crippen LogP contribution in [0.15, 0.2) is 66.9 Å². The summed E-state index contributed by atoms with van der Waals surface area (Å²) in [6, 6.07) is 14.6. The Morgan fingerprint density at radius 3 is 2.28 bits per heavy atom. The number of rotatable bonds is 4. The molecule has 0 unspecified atom stereocenters. The maximum absolute atomic E-state index is 12.1. The monoisotopic (exact) mass is 429 g/mol. The Labute approximate surface area is 175 Å². The molecule has 0 fully saturated rings. The Morgan fingerprint density at radius 2 is 1.62 bits per heavy atom. The minimum absolute atomic E-state index is 0.153. The Hall–Kier alpha value is -3.42. The first-order valence-electron chi connectivity index (χ1n) is 8.23. The second kappa shape index (κ2) is 9.18. The maximum atomic E-state index is 12.1. The lowest BCUT2D eigenvalue weighted by atomic mass is 10.2. The predicted octanol–water partition coefficient (Wildman–Crippen LogP) is 4.57. The highest BCUT2D eigenvalue weighted by molar-refractivity contribution is 6.34. The number of benzene rings is 2. The molecule has 0 aliphatic carbocycles. The standard InChI is InChI=1S/C20H13Cl2N3O4/c21-13-7-5-12(6-8-13)19(27)29-14-9-10-17(23-11-14)24-20(28)25-18(26)15-3-1-2-4-16(15)22/h1-11H,(H2,23,24,25,26,28). The van der Waals surface area contributed by atoms with Crippen LogP contribution in [0, 0.1) is 0 Å². The van der Waals surface area contributed by atoms with Gasteiger partial charge >= 0.3 is 12.0 Å². The molecule has 3 aromatic rings. The van der Waals surface area contributed by atoms with E-state index in [1.165, 1.54) is 36.5 Å². The van der Waals surface area contributed by atoms with Gasteiger partial charge in [-0.15, -0.1) is 0 Å². The molecule has 0 saturated carbocycles. The van der Waals surface area contributed by atoms with E-state index in [4.69, 9.17) is 27.9 Å². The highest BCUT2D eigenvalue weighted by atomic mass is 35.5. The van der Waals surface area contributed by atoms with Crippen LogP contribution in [0.3, 0.4) is 0 Å². The number of imide groups is 1. The molecule has 3 rings (SSSR count). The maximum Gasteiger partial charge on any atom is 0.343 e. The Kier molecular flexibility index (Phi) is 6.43. The number of urea groups is 1. The molecular weight excluding hydrogens is 417 g/mol. The second-order valence-corrected chi connectivity index (χ2v) is 6.51. The van der Waals surface area contributed by atoms with E-state index in [-0.39, 0.29) is 22.2 Å². The molecule has 1 aromatic heterocycles. The van der Waals surface area contributed by atoms with E-state index in [1.807, 2.05) is 0 Å². The van der Waals surface area contributed by atoms with Crippen molar-refractivity contribution in [3.8, 4) is 5.75 Å². The number of ether oxygens (including phenoxy) is 1. The van der Waals surface area contributed by atoms with E-state index in [0.29, 0.717) is 10.6 Å². The van der Waals surface area contributed by atoms with Crippen LogP contribution in [0.4, 0.5) is 10.6 Å². The first-order chi connectivity index (χ1) is 13.9. The van der Waals surface area contributed by atoms with Crippen LogP contribution in [0.25, 0.3) is 0 Å². The molecule has 3 amide bonds. The van der Waals surface area contributed by atoms with E-state index in [0.717, 1.165) is 0 Å². The first kappa shape index (κ1) is 20.3. The Morgan fingerprint density at radius 1 is 0.897 bits per heavy atom. The number of halogens is 2. The van der Waals surface area contributed by atoms with Crippen LogP contribution >= 0.6 is 23.2 Å². The number of amides is 3. The highest BCUT2D eigenvalue weighted by Crippen LogP contribution is 2.17. The third kappa shape index (κ3) is 5.54. The second-order valence-electron chi connectivity index (χ2n) is 5.66. The number of nitrogens with one attached hydrogen (secondary N) is 2. The summed E-state index contributed by atoms with van der Waals surface area (Å²) in [5.41, 5.74) is 0.496. The van der Waals surface area contributed by atoms with Crippen LogP contribution < -0.4 is 15.4 Å². The lowest BCUT2D eigenvalue weighted by molar-refractivity contribution is 0.0733. The van der Waals surface area contributed by atoms with Crippen molar-refractivity contribution in [1.29, 1.82) is 0 Å². The highest BCUT2D eigenvalue weighted by Gasteiger charge is 2.14. The van der Waals surface area contributed by atoms with E-state index < -0.39 is 17.9 Å². The molecule has 0 aliphatic rings. The Bertz CT molecular complexity index is 1050. The smallest absolute Gasteiger partial charge is 0.343 e. The van der Waals surface area contributed by atoms with Crippen molar-refractivity contribution in [3.05, 3.63) is 88.0 Å². The molecule has 2 aromatic carbocycles. The number of esters is 1. The number of carbonyl (C=O) groups excluding carboxylic acids is 3. The quantitative estimate of drug-likeness (QED) is 0.591. The molecule has 0 bridgehead atoms. The van der Waals surface area contributed by atoms with Crippen molar-refractivity contribution < 1.29 is 19.1 Å². The number of pyridine rings is 1. The van der Waals surface area contributed by atoms with Crippen molar-refractivity contribution >= 4 is 46.9 Å². The number of carbonyl (C=O) groups is 3. The third-order valence-corrected chi connectivity index (χ3v) is 4.20. The summed E-state index contributed by atoms with van der Waals surface area (Å²) in [7, 11) is 0. The molecule has 146 valence electrons. The van der Waals surface area contributed by atoms with Gasteiger partial charge in [0.05, 0.1) is 22.3 Å². The fourth-order valence-corrected chi connectivity index (χ4v) is 2.58. The normalized spacial score (nSPS) is 10.1. The zero-order chi connectivity index (χ0) is 20.8. The van der Waals surface area contributed by atoms with Crippen molar-refractivity contribution in [1.82, 2.24) is 10.3 Å². The van der Waals surface area contributed by atoms with Crippen molar-refractivity contribution in [2.24, 2.45) is 0 Å². The zero-order valence-corrected chi connectivity index (χ0v) is 16.2. The topological polar surface area (TPSA) is 97.4 Å². The van der Waals surface area contributed by atoms with Crippen LogP contribution in [-0.2, 0) is 0 Å². The molecular formula is C20H13Cl2N3O4. The summed E-state index contributed by atoms with van der Waals surface area (Å²) in [4.78, 5) is 40.0. The van der Waals surface area contributed by atoms with Gasteiger partial charge in [-0.25, -0.2) is 14.6 Å². The van der Waals surface area contributed by atoms with E-state index in [2.05, 4.69) is 15.6 Å². The van der Waals surface area contributed by atoms with E-state index in [1.54, 1.807) is 30.3 Å². The number of hydrogen-bond donors (Lipinski definition) is 2. The molecule has 29 heavy (non-hydrogen) atoms. The van der Waals surface area contributed by atoms with E-state index >= 15 is 0 Å². The van der Waals surface area contributed by atoms with Gasteiger partial charge < -0.3 is 4.74 Å². The summed E-state index contributed by atoms with van der Waals surface area (Å²) >= 11 is 11.7. The van der Waals surface area contributed by atoms with Gasteiger partial charge in [0.1, 0.15) is 11.6 Å². The minimum atomic E-state index is -0.784. The molecule has 0 aliphatic heterocycles. The fraction of sp³-hybridized carbons (Fsp3) is 0. The summed E-state index contributed by atoms with van der Waals surface area (Å²) in [5, 5.41) is 5.28. The lowest BCUT2D eigenvalue weighted by Crippen LogP contribution is -2.34. The van der Waals surface area contributed by atoms with Crippen molar-refractivity contribution in [2.75, 3.05) is 5.32 Å². The van der Waals surface area contributed by atoms with Crippen LogP contribution in [0.2, 0.25) is 10.0 Å². The molecule has 9 heteroatoms. The minimum Gasteiger partial charge on any atom is -0.421 e. The fourth-order valence-electron chi connectivity index (χ4n) is 2.23. The van der Waals surface area contributed by atoms with Gasteiger partial charge in [-0.2, -0.15) is 0 Å². The van der Waals surface area contributed by atoms with Crippen molar-refractivity contribution in [3.63, 3.8) is 0 Å². The number of anilines is 1. The van der Waals surface area contributed by atoms with Crippen molar-refractivity contribution in [2.45, 2.75) is 0 Å². The molecule has 0 radical (unpaired) electrons. The van der Waals surface area contributed by atoms with Crippen LogP contribution in [0.1, 0.15) is 20.7 Å². The number of hydrogen-bond acceptors (Lipinski definition) is 5. The molecule has 7 nitrogen and oxygen atoms in total. The van der Waals surface area contributed by atoms with Crippen LogP contribution in [-0.4, -0.2) is 22.9 Å². The predicted molar refractivity (Wildman–Crippen MR) is 109 cm³/mol. The SMILES string of the molecule is O=C(NC(=O)c1ccccc1Cl)Nc1ccc(OC(=O)c2ccc(Cl)cc2)cn1. The molecule has 2 N–H and O–H groups in total. The Balaban J connectivity index is 1.56.